The van der Waals surface area contributed by atoms with Crippen LogP contribution in [0.2, 0.25) is 0 Å². The van der Waals surface area contributed by atoms with Gasteiger partial charge in [-0.1, -0.05) is 13.8 Å². The van der Waals surface area contributed by atoms with Gasteiger partial charge in [0.25, 0.3) is 0 Å². The summed E-state index contributed by atoms with van der Waals surface area (Å²) in [6.45, 7) is 12.5. The molecule has 1 fully saturated rings. The second-order valence-corrected chi connectivity index (χ2v) is 6.88. The van der Waals surface area contributed by atoms with E-state index in [1.807, 2.05) is 19.4 Å². The highest BCUT2D eigenvalue weighted by atomic mass is 16.5. The zero-order chi connectivity index (χ0) is 17.9. The van der Waals surface area contributed by atoms with Gasteiger partial charge in [-0.15, -0.1) is 0 Å². The number of nitrogens with zero attached hydrogens (tertiary/aromatic N) is 4. The summed E-state index contributed by atoms with van der Waals surface area (Å²) in [6.07, 6.45) is 7.31. The zero-order valence-corrected chi connectivity index (χ0v) is 16.2. The third-order valence-corrected chi connectivity index (χ3v) is 4.97. The van der Waals surface area contributed by atoms with Crippen LogP contribution in [0.15, 0.2) is 12.4 Å². The monoisotopic (exact) mass is 349 g/mol. The predicted octanol–water partition coefficient (Wildman–Crippen LogP) is 2.13. The topological polar surface area (TPSA) is 53.5 Å². The van der Waals surface area contributed by atoms with Crippen LogP contribution < -0.4 is 10.2 Å². The molecule has 2 rings (SSSR count). The summed E-state index contributed by atoms with van der Waals surface area (Å²) in [4.78, 5) is 14.0. The Morgan fingerprint density at radius 1 is 1.12 bits per heavy atom. The van der Waals surface area contributed by atoms with Crippen LogP contribution in [0.3, 0.4) is 0 Å². The lowest BCUT2D eigenvalue weighted by Crippen LogP contribution is -2.47. The van der Waals surface area contributed by atoms with E-state index in [4.69, 9.17) is 4.74 Å². The number of ether oxygens (including phenoxy) is 1. The summed E-state index contributed by atoms with van der Waals surface area (Å²) in [5.74, 6) is 1.41. The van der Waals surface area contributed by atoms with Crippen LogP contribution in [0.4, 0.5) is 5.95 Å². The van der Waals surface area contributed by atoms with E-state index in [-0.39, 0.29) is 0 Å². The molecule has 142 valence electrons. The van der Waals surface area contributed by atoms with E-state index in [0.29, 0.717) is 5.92 Å². The molecule has 1 aromatic rings. The van der Waals surface area contributed by atoms with E-state index in [2.05, 4.69) is 38.9 Å². The molecule has 0 radical (unpaired) electrons. The van der Waals surface area contributed by atoms with Crippen molar-refractivity contribution in [2.24, 2.45) is 0 Å². The molecule has 1 aliphatic heterocycles. The van der Waals surface area contributed by atoms with E-state index in [1.165, 1.54) is 5.56 Å². The van der Waals surface area contributed by atoms with Crippen LogP contribution in [-0.4, -0.2) is 74.4 Å². The van der Waals surface area contributed by atoms with Crippen molar-refractivity contribution in [3.05, 3.63) is 18.0 Å². The molecule has 0 aliphatic carbocycles. The molecule has 1 unspecified atom stereocenters. The Morgan fingerprint density at radius 3 is 2.44 bits per heavy atom. The second kappa shape index (κ2) is 11.4. The third kappa shape index (κ3) is 6.88. The molecule has 1 saturated heterocycles. The quantitative estimate of drug-likeness (QED) is 0.618. The lowest BCUT2D eigenvalue weighted by Gasteiger charge is -2.34. The first-order valence-corrected chi connectivity index (χ1v) is 9.76. The maximum absolute atomic E-state index is 5.66. The minimum Gasteiger partial charge on any atom is -0.381 e. The number of piperazine rings is 1. The van der Waals surface area contributed by atoms with E-state index >= 15 is 0 Å². The van der Waals surface area contributed by atoms with Gasteiger partial charge in [0.2, 0.25) is 5.95 Å². The minimum atomic E-state index is 0.534. The molecule has 0 bridgehead atoms. The Morgan fingerprint density at radius 2 is 1.80 bits per heavy atom. The number of rotatable bonds is 11. The van der Waals surface area contributed by atoms with Gasteiger partial charge in [-0.05, 0) is 44.3 Å². The smallest absolute Gasteiger partial charge is 0.225 e. The van der Waals surface area contributed by atoms with Gasteiger partial charge in [-0.3, -0.25) is 4.90 Å². The number of aromatic nitrogens is 2. The Hall–Kier alpha value is -1.24. The van der Waals surface area contributed by atoms with Crippen molar-refractivity contribution in [1.29, 1.82) is 0 Å². The molecule has 25 heavy (non-hydrogen) atoms. The van der Waals surface area contributed by atoms with E-state index in [0.717, 1.165) is 77.7 Å². The molecule has 0 saturated carbocycles. The van der Waals surface area contributed by atoms with Gasteiger partial charge in [0, 0.05) is 58.3 Å². The molecule has 1 N–H and O–H groups in total. The van der Waals surface area contributed by atoms with Gasteiger partial charge >= 0.3 is 0 Å². The van der Waals surface area contributed by atoms with Gasteiger partial charge in [-0.25, -0.2) is 9.97 Å². The fourth-order valence-corrected chi connectivity index (χ4v) is 3.00. The van der Waals surface area contributed by atoms with Crippen LogP contribution in [0.1, 0.15) is 44.6 Å². The first-order chi connectivity index (χ1) is 12.2. The standard InChI is InChI=1S/C19H35N5O/c1-4-17(2)18-15-21-19(22-16-18)24-11-9-23(10-12-24)8-6-14-25-13-5-7-20-3/h15-17,20H,4-14H2,1-3H3. The van der Waals surface area contributed by atoms with Gasteiger partial charge in [0.15, 0.2) is 0 Å². The van der Waals surface area contributed by atoms with Crippen LogP contribution in [0, 0.1) is 0 Å². The van der Waals surface area contributed by atoms with Crippen molar-refractivity contribution in [2.75, 3.05) is 64.4 Å². The summed E-state index contributed by atoms with van der Waals surface area (Å²) >= 11 is 0. The van der Waals surface area contributed by atoms with Crippen LogP contribution in [-0.2, 0) is 4.74 Å². The summed E-state index contributed by atoms with van der Waals surface area (Å²) < 4.78 is 5.66. The minimum absolute atomic E-state index is 0.534. The molecule has 1 aliphatic rings. The molecule has 0 spiro atoms. The molecular weight excluding hydrogens is 314 g/mol. The first-order valence-electron chi connectivity index (χ1n) is 9.76. The lowest BCUT2D eigenvalue weighted by atomic mass is 10.0. The Labute approximate surface area is 153 Å². The predicted molar refractivity (Wildman–Crippen MR) is 103 cm³/mol. The molecule has 2 heterocycles. The third-order valence-electron chi connectivity index (χ3n) is 4.97. The largest absolute Gasteiger partial charge is 0.381 e. The normalized spacial score (nSPS) is 17.0. The summed E-state index contributed by atoms with van der Waals surface area (Å²) in [5.41, 5.74) is 1.24. The van der Waals surface area contributed by atoms with Crippen molar-refractivity contribution in [3.8, 4) is 0 Å². The number of nitrogens with one attached hydrogen (secondary N) is 1. The molecule has 6 nitrogen and oxygen atoms in total. The maximum Gasteiger partial charge on any atom is 0.225 e. The molecule has 6 heteroatoms. The highest BCUT2D eigenvalue weighted by Crippen LogP contribution is 2.18. The summed E-state index contributed by atoms with van der Waals surface area (Å²) in [6, 6.07) is 0. The lowest BCUT2D eigenvalue weighted by molar-refractivity contribution is 0.117. The summed E-state index contributed by atoms with van der Waals surface area (Å²) in [7, 11) is 1.98. The average Bonchev–Trinajstić information content (AvgIpc) is 2.67. The average molecular weight is 350 g/mol. The molecular formula is C19H35N5O. The molecule has 1 atom stereocenters. The Bertz CT molecular complexity index is 459. The highest BCUT2D eigenvalue weighted by Gasteiger charge is 2.18. The van der Waals surface area contributed by atoms with Gasteiger partial charge in [0.1, 0.15) is 0 Å². The molecule has 0 amide bonds. The van der Waals surface area contributed by atoms with Gasteiger partial charge in [0.05, 0.1) is 0 Å². The molecule has 0 aromatic carbocycles. The van der Waals surface area contributed by atoms with Crippen molar-refractivity contribution < 1.29 is 4.74 Å². The Kier molecular flexibility index (Phi) is 9.15. The Balaban J connectivity index is 1.62. The van der Waals surface area contributed by atoms with Gasteiger partial charge in [-0.2, -0.15) is 0 Å². The van der Waals surface area contributed by atoms with Crippen molar-refractivity contribution in [1.82, 2.24) is 20.2 Å². The van der Waals surface area contributed by atoms with Crippen LogP contribution in [0.5, 0.6) is 0 Å². The number of anilines is 1. The van der Waals surface area contributed by atoms with E-state index in [9.17, 15) is 0 Å². The first kappa shape index (κ1) is 20.1. The second-order valence-electron chi connectivity index (χ2n) is 6.88. The highest BCUT2D eigenvalue weighted by molar-refractivity contribution is 5.31. The maximum atomic E-state index is 5.66. The van der Waals surface area contributed by atoms with Crippen molar-refractivity contribution in [3.63, 3.8) is 0 Å². The van der Waals surface area contributed by atoms with Crippen LogP contribution in [0.25, 0.3) is 0 Å². The fraction of sp³-hybridized carbons (Fsp3) is 0.789. The van der Waals surface area contributed by atoms with Crippen molar-refractivity contribution >= 4 is 5.95 Å². The number of hydrogen-bond acceptors (Lipinski definition) is 6. The van der Waals surface area contributed by atoms with E-state index in [1.54, 1.807) is 0 Å². The SMILES string of the molecule is CCC(C)c1cnc(N2CCN(CCCOCCCNC)CC2)nc1. The van der Waals surface area contributed by atoms with Crippen LogP contribution >= 0.6 is 0 Å². The molecule has 1 aromatic heterocycles. The van der Waals surface area contributed by atoms with Crippen molar-refractivity contribution in [2.45, 2.75) is 39.0 Å². The fourth-order valence-electron chi connectivity index (χ4n) is 3.00. The van der Waals surface area contributed by atoms with Gasteiger partial charge < -0.3 is 15.0 Å². The van der Waals surface area contributed by atoms with E-state index < -0.39 is 0 Å². The number of hydrogen-bond donors (Lipinski definition) is 1. The summed E-state index contributed by atoms with van der Waals surface area (Å²) in [5, 5.41) is 3.14. The zero-order valence-electron chi connectivity index (χ0n) is 16.2.